The van der Waals surface area contributed by atoms with Gasteiger partial charge in [-0.05, 0) is 36.0 Å². The molecule has 1 aromatic carbocycles. The molecule has 0 spiro atoms. The second-order valence-electron chi connectivity index (χ2n) is 7.96. The molecule has 4 rings (SSSR count). The van der Waals surface area contributed by atoms with E-state index in [1.54, 1.807) is 0 Å². The summed E-state index contributed by atoms with van der Waals surface area (Å²) in [6.07, 6.45) is -4.80. The van der Waals surface area contributed by atoms with Crippen LogP contribution in [0.5, 0.6) is 5.75 Å². The van der Waals surface area contributed by atoms with E-state index in [2.05, 4.69) is 15.0 Å². The van der Waals surface area contributed by atoms with Crippen LogP contribution in [0, 0.1) is 17.8 Å². The lowest BCUT2D eigenvalue weighted by Gasteiger charge is -2.29. The monoisotopic (exact) mass is 427 g/mol. The fraction of sp³-hybridized carbons (Fsp3) is 0.600. The van der Waals surface area contributed by atoms with Gasteiger partial charge in [-0.25, -0.2) is 0 Å². The molecule has 1 aromatic rings. The van der Waals surface area contributed by atoms with E-state index >= 15 is 0 Å². The molecular formula is C20H24F3N3O4. The number of hydrogen-bond acceptors (Lipinski definition) is 5. The van der Waals surface area contributed by atoms with Gasteiger partial charge in [0, 0.05) is 38.3 Å². The maximum absolute atomic E-state index is 12.3. The molecule has 1 N–H and O–H groups in total. The Kier molecular flexibility index (Phi) is 5.88. The van der Waals surface area contributed by atoms with E-state index in [4.69, 9.17) is 4.74 Å². The topological polar surface area (TPSA) is 71.1 Å². The van der Waals surface area contributed by atoms with Crippen LogP contribution < -0.4 is 10.1 Å². The van der Waals surface area contributed by atoms with E-state index in [0.29, 0.717) is 57.1 Å². The van der Waals surface area contributed by atoms with Gasteiger partial charge in [-0.2, -0.15) is 0 Å². The molecule has 10 heteroatoms. The van der Waals surface area contributed by atoms with Crippen molar-refractivity contribution in [3.63, 3.8) is 0 Å². The molecule has 30 heavy (non-hydrogen) atoms. The largest absolute Gasteiger partial charge is 0.573 e. The standard InChI is InChI=1S/C20H24F3N3O4/c21-20(22,23)30-14-3-1-2-13(8-14)19(28)24-9-15-16-10-25(11-17(15)16)12-18(27)26-4-6-29-7-5-26/h1-3,8,15-17H,4-7,9-12H2,(H,24,28). The number of ether oxygens (including phenoxy) is 2. The maximum Gasteiger partial charge on any atom is 0.573 e. The molecule has 2 unspecified atom stereocenters. The second-order valence-corrected chi connectivity index (χ2v) is 7.96. The Morgan fingerprint density at radius 2 is 1.87 bits per heavy atom. The summed E-state index contributed by atoms with van der Waals surface area (Å²) in [5.41, 5.74) is 0.125. The number of rotatable bonds is 6. The third kappa shape index (κ3) is 5.04. The third-order valence-electron chi connectivity index (χ3n) is 6.00. The summed E-state index contributed by atoms with van der Waals surface area (Å²) in [4.78, 5) is 28.6. The highest BCUT2D eigenvalue weighted by atomic mass is 19.4. The Morgan fingerprint density at radius 1 is 1.17 bits per heavy atom. The maximum atomic E-state index is 12.3. The summed E-state index contributed by atoms with van der Waals surface area (Å²) in [5.74, 6) is 0.528. The zero-order chi connectivity index (χ0) is 21.3. The number of carbonyl (C=O) groups excluding carboxylic acids is 2. The van der Waals surface area contributed by atoms with Crippen LogP contribution in [0.2, 0.25) is 0 Å². The molecule has 1 aliphatic carbocycles. The molecule has 7 nitrogen and oxygen atoms in total. The first-order valence-electron chi connectivity index (χ1n) is 10.0. The Morgan fingerprint density at radius 3 is 2.53 bits per heavy atom. The van der Waals surface area contributed by atoms with Gasteiger partial charge in [-0.1, -0.05) is 6.07 Å². The highest BCUT2D eigenvalue weighted by molar-refractivity contribution is 5.94. The van der Waals surface area contributed by atoms with Crippen molar-refractivity contribution in [3.05, 3.63) is 29.8 Å². The summed E-state index contributed by atoms with van der Waals surface area (Å²) in [5, 5.41) is 2.80. The molecule has 3 aliphatic rings. The van der Waals surface area contributed by atoms with Crippen molar-refractivity contribution in [1.29, 1.82) is 0 Å². The molecule has 0 aromatic heterocycles. The van der Waals surface area contributed by atoms with E-state index in [1.807, 2.05) is 4.90 Å². The van der Waals surface area contributed by atoms with Crippen molar-refractivity contribution < 1.29 is 32.2 Å². The number of carbonyl (C=O) groups is 2. The smallest absolute Gasteiger partial charge is 0.406 e. The number of morpholine rings is 1. The number of piperidine rings is 1. The van der Waals surface area contributed by atoms with Gasteiger partial charge in [0.1, 0.15) is 5.75 Å². The van der Waals surface area contributed by atoms with Crippen LogP contribution in [0.4, 0.5) is 13.2 Å². The summed E-state index contributed by atoms with van der Waals surface area (Å²) >= 11 is 0. The fourth-order valence-electron chi connectivity index (χ4n) is 4.42. The predicted octanol–water partition coefficient (Wildman–Crippen LogP) is 1.35. The average Bonchev–Trinajstić information content (AvgIpc) is 3.16. The van der Waals surface area contributed by atoms with Gasteiger partial charge in [0.25, 0.3) is 5.91 Å². The van der Waals surface area contributed by atoms with Crippen molar-refractivity contribution in [1.82, 2.24) is 15.1 Å². The summed E-state index contributed by atoms with van der Waals surface area (Å²) in [7, 11) is 0. The van der Waals surface area contributed by atoms with Crippen LogP contribution in [0.15, 0.2) is 24.3 Å². The number of fused-ring (bicyclic) bond motifs is 1. The fourth-order valence-corrected chi connectivity index (χ4v) is 4.42. The van der Waals surface area contributed by atoms with Crippen molar-refractivity contribution in [2.45, 2.75) is 6.36 Å². The highest BCUT2D eigenvalue weighted by Crippen LogP contribution is 2.51. The molecule has 0 radical (unpaired) electrons. The van der Waals surface area contributed by atoms with Gasteiger partial charge < -0.3 is 19.7 Å². The number of likely N-dealkylation sites (tertiary alicyclic amines) is 1. The molecule has 0 bridgehead atoms. The van der Waals surface area contributed by atoms with Gasteiger partial charge >= 0.3 is 6.36 Å². The summed E-state index contributed by atoms with van der Waals surface area (Å²) in [6.45, 7) is 5.01. The van der Waals surface area contributed by atoms with Crippen LogP contribution in [-0.4, -0.2) is 80.5 Å². The Bertz CT molecular complexity index is 786. The molecule has 2 heterocycles. The molecule has 164 valence electrons. The normalized spacial score (nSPS) is 26.2. The van der Waals surface area contributed by atoms with E-state index in [1.165, 1.54) is 12.1 Å². The predicted molar refractivity (Wildman–Crippen MR) is 99.8 cm³/mol. The van der Waals surface area contributed by atoms with E-state index in [9.17, 15) is 22.8 Å². The van der Waals surface area contributed by atoms with Crippen LogP contribution >= 0.6 is 0 Å². The number of halogens is 3. The number of hydrogen-bond donors (Lipinski definition) is 1. The molecule has 2 aliphatic heterocycles. The van der Waals surface area contributed by atoms with Crippen LogP contribution in [0.3, 0.4) is 0 Å². The summed E-state index contributed by atoms with van der Waals surface area (Å²) < 4.78 is 46.1. The number of amides is 2. The van der Waals surface area contributed by atoms with Crippen molar-refractivity contribution >= 4 is 11.8 Å². The Hall–Kier alpha value is -2.33. The van der Waals surface area contributed by atoms with Crippen LogP contribution in [-0.2, 0) is 9.53 Å². The lowest BCUT2D eigenvalue weighted by atomic mass is 10.2. The van der Waals surface area contributed by atoms with Crippen molar-refractivity contribution in [2.24, 2.45) is 17.8 Å². The van der Waals surface area contributed by atoms with Crippen molar-refractivity contribution in [3.8, 4) is 5.75 Å². The lowest BCUT2D eigenvalue weighted by Crippen LogP contribution is -2.46. The van der Waals surface area contributed by atoms with Crippen LogP contribution in [0.1, 0.15) is 10.4 Å². The first-order valence-corrected chi connectivity index (χ1v) is 10.0. The zero-order valence-electron chi connectivity index (χ0n) is 16.4. The quantitative estimate of drug-likeness (QED) is 0.742. The first-order chi connectivity index (χ1) is 14.3. The zero-order valence-corrected chi connectivity index (χ0v) is 16.4. The lowest BCUT2D eigenvalue weighted by molar-refractivity contribution is -0.274. The highest BCUT2D eigenvalue weighted by Gasteiger charge is 2.55. The average molecular weight is 427 g/mol. The second kappa shape index (κ2) is 8.43. The van der Waals surface area contributed by atoms with Crippen molar-refractivity contribution in [2.75, 3.05) is 52.5 Å². The molecule has 1 saturated carbocycles. The molecule has 2 saturated heterocycles. The number of nitrogens with one attached hydrogen (secondary N) is 1. The minimum atomic E-state index is -4.80. The first kappa shape index (κ1) is 20.9. The molecule has 2 atom stereocenters. The SMILES string of the molecule is O=C(NCC1C2CN(CC(=O)N3CCOCC3)CC12)c1cccc(OC(F)(F)F)c1. The minimum absolute atomic E-state index is 0.125. The van der Waals surface area contributed by atoms with Crippen LogP contribution in [0.25, 0.3) is 0 Å². The molecule has 3 fully saturated rings. The minimum Gasteiger partial charge on any atom is -0.406 e. The van der Waals surface area contributed by atoms with Gasteiger partial charge in [0.05, 0.1) is 19.8 Å². The number of nitrogens with zero attached hydrogens (tertiary/aromatic N) is 2. The number of benzene rings is 1. The van der Waals surface area contributed by atoms with Gasteiger partial charge in [0.15, 0.2) is 0 Å². The molecular weight excluding hydrogens is 403 g/mol. The third-order valence-corrected chi connectivity index (χ3v) is 6.00. The Labute approximate surface area is 172 Å². The van der Waals surface area contributed by atoms with E-state index < -0.39 is 18.0 Å². The van der Waals surface area contributed by atoms with E-state index in [0.717, 1.165) is 25.2 Å². The Balaban J connectivity index is 1.20. The number of alkyl halides is 3. The van der Waals surface area contributed by atoms with Gasteiger partial charge in [0.2, 0.25) is 5.91 Å². The van der Waals surface area contributed by atoms with Gasteiger partial charge in [-0.15, -0.1) is 13.2 Å². The molecule has 2 amide bonds. The summed E-state index contributed by atoms with van der Waals surface area (Å²) in [6, 6.07) is 5.04. The van der Waals surface area contributed by atoms with E-state index in [-0.39, 0.29) is 11.5 Å². The van der Waals surface area contributed by atoms with Gasteiger partial charge in [-0.3, -0.25) is 14.5 Å².